The maximum absolute atomic E-state index is 13.3. The van der Waals surface area contributed by atoms with E-state index in [-0.39, 0.29) is 23.9 Å². The van der Waals surface area contributed by atoms with Gasteiger partial charge >= 0.3 is 6.18 Å². The summed E-state index contributed by atoms with van der Waals surface area (Å²) in [5.41, 5.74) is 1.66. The Morgan fingerprint density at radius 3 is 2.69 bits per heavy atom. The summed E-state index contributed by atoms with van der Waals surface area (Å²) in [6.45, 7) is 5.23. The van der Waals surface area contributed by atoms with Crippen LogP contribution < -0.4 is 10.6 Å². The smallest absolute Gasteiger partial charge is 0.316 e. The molecule has 0 saturated carbocycles. The van der Waals surface area contributed by atoms with Crippen molar-refractivity contribution >= 4 is 11.7 Å². The van der Waals surface area contributed by atoms with E-state index in [1.807, 2.05) is 18.3 Å². The highest BCUT2D eigenvalue weighted by Crippen LogP contribution is 2.28. The van der Waals surface area contributed by atoms with Gasteiger partial charge in [0, 0.05) is 48.3 Å². The predicted molar refractivity (Wildman–Crippen MR) is 145 cm³/mol. The van der Waals surface area contributed by atoms with Crippen LogP contribution in [0.4, 0.5) is 19.0 Å². The van der Waals surface area contributed by atoms with Gasteiger partial charge in [-0.15, -0.1) is 0 Å². The van der Waals surface area contributed by atoms with Gasteiger partial charge in [-0.1, -0.05) is 37.0 Å². The van der Waals surface area contributed by atoms with Crippen LogP contribution >= 0.6 is 0 Å². The molecule has 1 amide bonds. The van der Waals surface area contributed by atoms with Crippen molar-refractivity contribution < 1.29 is 18.0 Å². The highest BCUT2D eigenvalue weighted by molar-refractivity contribution is 5.94. The second-order valence-corrected chi connectivity index (χ2v) is 9.22. The van der Waals surface area contributed by atoms with Crippen molar-refractivity contribution in [3.63, 3.8) is 0 Å². The Bertz CT molecular complexity index is 1330. The number of rotatable bonds is 11. The molecular weight excluding hydrogens is 505 g/mol. The number of allylic oxidation sites excluding steroid dienone is 8. The van der Waals surface area contributed by atoms with Crippen molar-refractivity contribution in [3.8, 4) is 17.2 Å². The first-order valence-corrected chi connectivity index (χ1v) is 12.4. The number of carbonyl (C=O) groups excluding carboxylic acids is 1. The summed E-state index contributed by atoms with van der Waals surface area (Å²) >= 11 is 0. The Balaban J connectivity index is 1.73. The SMILES string of the molecule is C=C/C=C(\C=C(/C)C(F)(F)F)C(CNCCC1C=CC(C#N)=CC1)C(=O)Nc1ccc(-c2cnn(C)c2)cn1. The highest BCUT2D eigenvalue weighted by atomic mass is 19.4. The number of pyridine rings is 1. The lowest BCUT2D eigenvalue weighted by atomic mass is 9.93. The first-order chi connectivity index (χ1) is 18.6. The number of halogens is 3. The van der Waals surface area contributed by atoms with Gasteiger partial charge in [0.15, 0.2) is 0 Å². The summed E-state index contributed by atoms with van der Waals surface area (Å²) < 4.78 is 41.6. The number of nitrogens with zero attached hydrogens (tertiary/aromatic N) is 4. The van der Waals surface area contributed by atoms with Gasteiger partial charge in [-0.2, -0.15) is 23.5 Å². The van der Waals surface area contributed by atoms with E-state index >= 15 is 0 Å². The summed E-state index contributed by atoms with van der Waals surface area (Å²) in [7, 11) is 1.80. The maximum atomic E-state index is 13.3. The Kier molecular flexibility index (Phi) is 10.2. The van der Waals surface area contributed by atoms with Gasteiger partial charge in [0.25, 0.3) is 0 Å². The van der Waals surface area contributed by atoms with Gasteiger partial charge in [-0.3, -0.25) is 9.48 Å². The zero-order valence-electron chi connectivity index (χ0n) is 21.9. The Morgan fingerprint density at radius 1 is 1.33 bits per heavy atom. The van der Waals surface area contributed by atoms with Gasteiger partial charge in [-0.05, 0) is 56.0 Å². The third-order valence-corrected chi connectivity index (χ3v) is 6.27. The van der Waals surface area contributed by atoms with Crippen LogP contribution in [0.25, 0.3) is 11.1 Å². The van der Waals surface area contributed by atoms with Crippen LogP contribution in [0.5, 0.6) is 0 Å². The van der Waals surface area contributed by atoms with Crippen LogP contribution in [0, 0.1) is 23.2 Å². The van der Waals surface area contributed by atoms with E-state index in [1.165, 1.54) is 12.2 Å². The van der Waals surface area contributed by atoms with E-state index < -0.39 is 23.6 Å². The summed E-state index contributed by atoms with van der Waals surface area (Å²) in [6.07, 6.45) is 11.5. The van der Waals surface area contributed by atoms with Crippen LogP contribution in [0.2, 0.25) is 0 Å². The minimum Gasteiger partial charge on any atom is -0.316 e. The molecule has 0 fully saturated rings. The zero-order valence-corrected chi connectivity index (χ0v) is 21.9. The topological polar surface area (TPSA) is 95.6 Å². The number of nitrogens with one attached hydrogen (secondary N) is 2. The molecule has 0 bridgehead atoms. The standard InChI is InChI=1S/C29H31F3N6O/c1-4-5-23(14-20(2)29(30,31)32)26(18-34-13-12-21-6-8-22(15-33)9-7-21)28(39)37-27-11-10-24(16-35-27)25-17-36-38(3)19-25/h4-6,8-11,14,16-17,19,21,26,34H,1,7,12-13,18H2,2-3H3,(H,35,37,39)/b20-14+,23-5+. The molecule has 2 aromatic heterocycles. The van der Waals surface area contributed by atoms with Crippen LogP contribution in [0.15, 0.2) is 90.5 Å². The molecule has 2 heterocycles. The number of aryl methyl sites for hydroxylation is 1. The number of aromatic nitrogens is 3. The molecule has 0 spiro atoms. The molecule has 10 heteroatoms. The molecule has 2 atom stereocenters. The average molecular weight is 537 g/mol. The van der Waals surface area contributed by atoms with E-state index in [4.69, 9.17) is 5.26 Å². The fourth-order valence-electron chi connectivity index (χ4n) is 4.01. The Morgan fingerprint density at radius 2 is 2.13 bits per heavy atom. The number of amides is 1. The van der Waals surface area contributed by atoms with E-state index in [9.17, 15) is 18.0 Å². The monoisotopic (exact) mass is 536 g/mol. The van der Waals surface area contributed by atoms with Gasteiger partial charge in [0.1, 0.15) is 5.82 Å². The number of alkyl halides is 3. The molecule has 204 valence electrons. The number of hydrogen-bond acceptors (Lipinski definition) is 5. The van der Waals surface area contributed by atoms with Gasteiger partial charge < -0.3 is 10.6 Å². The minimum absolute atomic E-state index is 0.108. The normalized spacial score (nSPS) is 16.8. The number of nitriles is 1. The lowest BCUT2D eigenvalue weighted by Crippen LogP contribution is -2.34. The second-order valence-electron chi connectivity index (χ2n) is 9.22. The molecule has 2 unspecified atom stereocenters. The summed E-state index contributed by atoms with van der Waals surface area (Å²) in [5, 5.41) is 19.0. The molecule has 0 saturated heterocycles. The van der Waals surface area contributed by atoms with Crippen molar-refractivity contribution in [2.75, 3.05) is 18.4 Å². The largest absolute Gasteiger partial charge is 0.412 e. The van der Waals surface area contributed by atoms with Crippen LogP contribution in [0.1, 0.15) is 19.8 Å². The number of carbonyl (C=O) groups is 1. The lowest BCUT2D eigenvalue weighted by molar-refractivity contribution is -0.118. The minimum atomic E-state index is -4.53. The third-order valence-electron chi connectivity index (χ3n) is 6.27. The van der Waals surface area contributed by atoms with E-state index in [0.717, 1.165) is 37.0 Å². The average Bonchev–Trinajstić information content (AvgIpc) is 3.34. The molecule has 7 nitrogen and oxygen atoms in total. The van der Waals surface area contributed by atoms with E-state index in [2.05, 4.69) is 33.4 Å². The van der Waals surface area contributed by atoms with Crippen molar-refractivity contribution in [1.29, 1.82) is 5.26 Å². The fourth-order valence-corrected chi connectivity index (χ4v) is 4.01. The van der Waals surface area contributed by atoms with Gasteiger partial charge in [0.05, 0.1) is 18.2 Å². The van der Waals surface area contributed by atoms with Crippen LogP contribution in [0.3, 0.4) is 0 Å². The zero-order chi connectivity index (χ0) is 28.4. The highest BCUT2D eigenvalue weighted by Gasteiger charge is 2.31. The summed E-state index contributed by atoms with van der Waals surface area (Å²) in [5.74, 6) is -0.922. The molecule has 2 aromatic rings. The maximum Gasteiger partial charge on any atom is 0.412 e. The number of anilines is 1. The van der Waals surface area contributed by atoms with Gasteiger partial charge in [-0.25, -0.2) is 4.98 Å². The van der Waals surface area contributed by atoms with E-state index in [1.54, 1.807) is 42.3 Å². The lowest BCUT2D eigenvalue weighted by Gasteiger charge is -2.21. The molecule has 0 aromatic carbocycles. The molecule has 0 radical (unpaired) electrons. The van der Waals surface area contributed by atoms with Crippen molar-refractivity contribution in [1.82, 2.24) is 20.1 Å². The van der Waals surface area contributed by atoms with Crippen LogP contribution in [-0.4, -0.2) is 39.9 Å². The molecule has 1 aliphatic carbocycles. The molecular formula is C29H31F3N6O. The molecule has 3 rings (SSSR count). The third kappa shape index (κ3) is 8.65. The van der Waals surface area contributed by atoms with Crippen LogP contribution in [-0.2, 0) is 11.8 Å². The first kappa shape index (κ1) is 29.3. The molecule has 39 heavy (non-hydrogen) atoms. The van der Waals surface area contributed by atoms with Crippen molar-refractivity contribution in [2.45, 2.75) is 25.9 Å². The fraction of sp³-hybridized carbons (Fsp3) is 0.310. The van der Waals surface area contributed by atoms with Crippen molar-refractivity contribution in [3.05, 3.63) is 90.5 Å². The molecule has 1 aliphatic rings. The summed E-state index contributed by atoms with van der Waals surface area (Å²) in [4.78, 5) is 17.6. The predicted octanol–water partition coefficient (Wildman–Crippen LogP) is 5.66. The molecule has 0 aliphatic heterocycles. The van der Waals surface area contributed by atoms with Crippen molar-refractivity contribution in [2.24, 2.45) is 18.9 Å². The quantitative estimate of drug-likeness (QED) is 0.285. The number of hydrogen-bond donors (Lipinski definition) is 2. The Hall–Kier alpha value is -4.23. The first-order valence-electron chi connectivity index (χ1n) is 12.4. The Labute approximate surface area is 226 Å². The van der Waals surface area contributed by atoms with E-state index in [0.29, 0.717) is 12.1 Å². The summed E-state index contributed by atoms with van der Waals surface area (Å²) in [6, 6.07) is 5.53. The van der Waals surface area contributed by atoms with Gasteiger partial charge in [0.2, 0.25) is 5.91 Å². The second kappa shape index (κ2) is 13.5. The molecule has 2 N–H and O–H groups in total.